The third-order valence-corrected chi connectivity index (χ3v) is 6.92. The number of nitrogens with zero attached hydrogens (tertiary/aromatic N) is 4. The average molecular weight is 504 g/mol. The summed E-state index contributed by atoms with van der Waals surface area (Å²) < 4.78 is 3.10. The van der Waals surface area contributed by atoms with Crippen LogP contribution in [0, 0.1) is 0 Å². The predicted molar refractivity (Wildman–Crippen MR) is 125 cm³/mol. The number of hydrogen-bond donors (Lipinski definition) is 0. The van der Waals surface area contributed by atoms with Crippen LogP contribution in [0.25, 0.3) is 22.0 Å². The van der Waals surface area contributed by atoms with Gasteiger partial charge in [-0.3, -0.25) is 4.57 Å². The van der Waals surface area contributed by atoms with Crippen molar-refractivity contribution in [3.05, 3.63) is 81.8 Å². The van der Waals surface area contributed by atoms with Gasteiger partial charge < -0.3 is 0 Å². The minimum absolute atomic E-state index is 0.642. The van der Waals surface area contributed by atoms with Crippen LogP contribution in [0.3, 0.4) is 0 Å². The molecule has 2 aromatic carbocycles. The lowest BCUT2D eigenvalue weighted by Gasteiger charge is -2.07. The quantitative estimate of drug-likeness (QED) is 0.202. The molecule has 0 spiro atoms. The molecule has 0 saturated heterocycles. The van der Waals surface area contributed by atoms with Gasteiger partial charge in [-0.05, 0) is 18.2 Å². The molecule has 29 heavy (non-hydrogen) atoms. The molecule has 4 aromatic rings. The molecule has 146 valence electrons. The number of halogens is 2. The van der Waals surface area contributed by atoms with Gasteiger partial charge in [0.25, 0.3) is 0 Å². The van der Waals surface area contributed by atoms with Crippen LogP contribution in [0.15, 0.2) is 76.2 Å². The van der Waals surface area contributed by atoms with Gasteiger partial charge in [-0.1, -0.05) is 75.7 Å². The molecular formula is C21H16BrClN4S2. The van der Waals surface area contributed by atoms with Crippen molar-refractivity contribution >= 4 is 50.6 Å². The number of thiazole rings is 1. The molecule has 8 heteroatoms. The van der Waals surface area contributed by atoms with E-state index in [1.54, 1.807) is 23.1 Å². The lowest BCUT2D eigenvalue weighted by molar-refractivity contribution is 0.731. The van der Waals surface area contributed by atoms with Gasteiger partial charge in [-0.15, -0.1) is 28.1 Å². The monoisotopic (exact) mass is 502 g/mol. The molecule has 0 saturated carbocycles. The van der Waals surface area contributed by atoms with Crippen molar-refractivity contribution in [1.82, 2.24) is 19.7 Å². The Bertz CT molecular complexity index is 1140. The van der Waals surface area contributed by atoms with Crippen molar-refractivity contribution in [2.24, 2.45) is 0 Å². The Morgan fingerprint density at radius 3 is 2.69 bits per heavy atom. The number of thioether (sulfide) groups is 1. The van der Waals surface area contributed by atoms with Gasteiger partial charge in [0.15, 0.2) is 11.0 Å². The van der Waals surface area contributed by atoms with E-state index in [1.165, 1.54) is 0 Å². The van der Waals surface area contributed by atoms with Crippen molar-refractivity contribution in [2.75, 3.05) is 0 Å². The third-order valence-electron chi connectivity index (χ3n) is 4.14. The highest BCUT2D eigenvalue weighted by Gasteiger charge is 2.15. The minimum atomic E-state index is 0.642. The Hall–Kier alpha value is -1.93. The van der Waals surface area contributed by atoms with Crippen LogP contribution in [0.4, 0.5) is 0 Å². The largest absolute Gasteiger partial charge is 0.298 e. The maximum absolute atomic E-state index is 6.29. The summed E-state index contributed by atoms with van der Waals surface area (Å²) in [5, 5.41) is 13.4. The Labute approximate surface area is 190 Å². The number of aromatic nitrogens is 4. The standard InChI is InChI=1S/C21H16BrClN4S2/c1-2-11-27-19(14-7-9-15(22)10-8-14)25-26-21(27)29-13-16-12-28-20(24-16)17-5-3-4-6-18(17)23/h2-10,12H,1,11,13H2. The zero-order chi connectivity index (χ0) is 20.2. The van der Waals surface area contributed by atoms with E-state index in [9.17, 15) is 0 Å². The topological polar surface area (TPSA) is 43.6 Å². The van der Waals surface area contributed by atoms with Crippen molar-refractivity contribution in [3.8, 4) is 22.0 Å². The second-order valence-corrected chi connectivity index (χ2v) is 9.25. The smallest absolute Gasteiger partial charge is 0.192 e. The number of allylic oxidation sites excluding steroid dienone is 1. The number of benzene rings is 2. The van der Waals surface area contributed by atoms with Gasteiger partial charge in [0.2, 0.25) is 0 Å². The minimum Gasteiger partial charge on any atom is -0.298 e. The highest BCUT2D eigenvalue weighted by atomic mass is 79.9. The molecule has 2 heterocycles. The molecule has 0 aliphatic heterocycles. The van der Waals surface area contributed by atoms with Crippen molar-refractivity contribution in [3.63, 3.8) is 0 Å². The van der Waals surface area contributed by atoms with Gasteiger partial charge in [-0.25, -0.2) is 4.98 Å². The van der Waals surface area contributed by atoms with Gasteiger partial charge in [0, 0.05) is 33.3 Å². The molecule has 4 nitrogen and oxygen atoms in total. The van der Waals surface area contributed by atoms with Crippen molar-refractivity contribution < 1.29 is 0 Å². The zero-order valence-electron chi connectivity index (χ0n) is 15.3. The third kappa shape index (κ3) is 4.64. The summed E-state index contributed by atoms with van der Waals surface area (Å²) in [6.07, 6.45) is 1.86. The fourth-order valence-electron chi connectivity index (χ4n) is 2.77. The molecule has 0 aliphatic rings. The van der Waals surface area contributed by atoms with Crippen LogP contribution < -0.4 is 0 Å². The summed E-state index contributed by atoms with van der Waals surface area (Å²) in [5.74, 6) is 1.53. The average Bonchev–Trinajstić information content (AvgIpc) is 3.35. The van der Waals surface area contributed by atoms with Gasteiger partial charge in [0.05, 0.1) is 10.7 Å². The highest BCUT2D eigenvalue weighted by Crippen LogP contribution is 2.32. The molecule has 0 unspecified atom stereocenters. The molecule has 0 N–H and O–H groups in total. The first-order chi connectivity index (χ1) is 14.2. The summed E-state index contributed by atoms with van der Waals surface area (Å²) in [7, 11) is 0. The van der Waals surface area contributed by atoms with E-state index in [0.717, 1.165) is 37.3 Å². The van der Waals surface area contributed by atoms with E-state index in [-0.39, 0.29) is 0 Å². The van der Waals surface area contributed by atoms with Crippen LogP contribution >= 0.6 is 50.6 Å². The number of hydrogen-bond acceptors (Lipinski definition) is 5. The molecule has 0 amide bonds. The molecule has 0 aliphatic carbocycles. The predicted octanol–water partition coefficient (Wildman–Crippen LogP) is 6.96. The van der Waals surface area contributed by atoms with Crippen LogP contribution in [-0.2, 0) is 12.3 Å². The van der Waals surface area contributed by atoms with Gasteiger partial charge >= 0.3 is 0 Å². The zero-order valence-corrected chi connectivity index (χ0v) is 19.2. The van der Waals surface area contributed by atoms with E-state index >= 15 is 0 Å². The summed E-state index contributed by atoms with van der Waals surface area (Å²) in [5.41, 5.74) is 2.97. The second-order valence-electron chi connectivity index (χ2n) is 6.12. The van der Waals surface area contributed by atoms with E-state index < -0.39 is 0 Å². The van der Waals surface area contributed by atoms with Crippen LogP contribution in [0.5, 0.6) is 0 Å². The SMILES string of the molecule is C=CCn1c(SCc2csc(-c3ccccc3Cl)n2)nnc1-c1ccc(Br)cc1. The number of rotatable bonds is 7. The summed E-state index contributed by atoms with van der Waals surface area (Å²) >= 11 is 13.0. The Morgan fingerprint density at radius 2 is 1.93 bits per heavy atom. The van der Waals surface area contributed by atoms with E-state index in [1.807, 2.05) is 54.6 Å². The molecule has 0 radical (unpaired) electrons. The maximum atomic E-state index is 6.29. The normalized spacial score (nSPS) is 11.0. The fraction of sp³-hybridized carbons (Fsp3) is 0.0952. The van der Waals surface area contributed by atoms with Gasteiger partial charge in [0.1, 0.15) is 5.01 Å². The van der Waals surface area contributed by atoms with E-state index in [0.29, 0.717) is 17.3 Å². The first-order valence-corrected chi connectivity index (χ1v) is 11.8. The first-order valence-electron chi connectivity index (χ1n) is 8.78. The second kappa shape index (κ2) is 9.26. The fourth-order valence-corrected chi connectivity index (χ4v) is 5.12. The lowest BCUT2D eigenvalue weighted by Crippen LogP contribution is -2.00. The van der Waals surface area contributed by atoms with Crippen LogP contribution in [0.2, 0.25) is 5.02 Å². The highest BCUT2D eigenvalue weighted by molar-refractivity contribution is 9.10. The summed E-state index contributed by atoms with van der Waals surface area (Å²) in [4.78, 5) is 4.74. The van der Waals surface area contributed by atoms with E-state index in [2.05, 4.69) is 42.7 Å². The molecule has 2 aromatic heterocycles. The molecule has 4 rings (SSSR count). The molecule has 0 fully saturated rings. The van der Waals surface area contributed by atoms with Crippen molar-refractivity contribution in [1.29, 1.82) is 0 Å². The Morgan fingerprint density at radius 1 is 1.14 bits per heavy atom. The maximum Gasteiger partial charge on any atom is 0.192 e. The Kier molecular flexibility index (Phi) is 6.50. The van der Waals surface area contributed by atoms with Crippen LogP contribution in [0.1, 0.15) is 5.69 Å². The molecule has 0 bridgehead atoms. The lowest BCUT2D eigenvalue weighted by atomic mass is 10.2. The molecular weight excluding hydrogens is 488 g/mol. The van der Waals surface area contributed by atoms with E-state index in [4.69, 9.17) is 16.6 Å². The summed E-state index contributed by atoms with van der Waals surface area (Å²) in [6, 6.07) is 15.8. The summed E-state index contributed by atoms with van der Waals surface area (Å²) in [6.45, 7) is 4.51. The van der Waals surface area contributed by atoms with Crippen LogP contribution in [-0.4, -0.2) is 19.7 Å². The van der Waals surface area contributed by atoms with Crippen molar-refractivity contribution in [2.45, 2.75) is 17.5 Å². The Balaban J connectivity index is 1.54. The first kappa shape index (κ1) is 20.3. The van der Waals surface area contributed by atoms with Gasteiger partial charge in [-0.2, -0.15) is 0 Å². The molecule has 0 atom stereocenters.